The smallest absolute Gasteiger partial charge is 0.0692 e. The molecular weight excluding hydrogens is 124 g/mol. The topological polar surface area (TPSA) is 20.2 Å². The van der Waals surface area contributed by atoms with Crippen LogP contribution in [0.3, 0.4) is 0 Å². The van der Waals surface area contributed by atoms with Crippen LogP contribution < -0.4 is 0 Å². The summed E-state index contributed by atoms with van der Waals surface area (Å²) >= 11 is 0. The molecule has 0 fully saturated rings. The van der Waals surface area contributed by atoms with Crippen molar-refractivity contribution in [1.82, 2.24) is 0 Å². The van der Waals surface area contributed by atoms with E-state index in [1.165, 1.54) is 0 Å². The molecule has 0 aliphatic rings. The van der Waals surface area contributed by atoms with E-state index in [-0.39, 0.29) is 6.10 Å². The van der Waals surface area contributed by atoms with Crippen molar-refractivity contribution in [3.8, 4) is 0 Å². The molecule has 0 saturated carbocycles. The molecule has 0 amide bonds. The second kappa shape index (κ2) is 6.56. The van der Waals surface area contributed by atoms with Gasteiger partial charge in [0.25, 0.3) is 0 Å². The van der Waals surface area contributed by atoms with Crippen LogP contribution in [0, 0.1) is 0 Å². The molecule has 0 unspecified atom stereocenters. The van der Waals surface area contributed by atoms with E-state index in [1.807, 2.05) is 18.2 Å². The molecule has 1 atom stereocenters. The Labute approximate surface area is 63.1 Å². The van der Waals surface area contributed by atoms with E-state index in [2.05, 4.69) is 6.58 Å². The Morgan fingerprint density at radius 1 is 1.50 bits per heavy atom. The maximum Gasteiger partial charge on any atom is 0.0692 e. The van der Waals surface area contributed by atoms with Crippen molar-refractivity contribution in [2.75, 3.05) is 0 Å². The number of allylic oxidation sites excluding steroid dienone is 2. The molecule has 0 aliphatic heterocycles. The van der Waals surface area contributed by atoms with Gasteiger partial charge in [0.05, 0.1) is 6.10 Å². The van der Waals surface area contributed by atoms with Gasteiger partial charge in [-0.05, 0) is 26.2 Å². The fourth-order valence-electron chi connectivity index (χ4n) is 0.673. The lowest BCUT2D eigenvalue weighted by atomic mass is 10.2. The average Bonchev–Trinajstić information content (AvgIpc) is 1.87. The molecule has 0 aromatic carbocycles. The first kappa shape index (κ1) is 9.44. The molecule has 1 heteroatoms. The van der Waals surface area contributed by atoms with Gasteiger partial charge in [0.15, 0.2) is 0 Å². The summed E-state index contributed by atoms with van der Waals surface area (Å²) in [5, 5.41) is 8.80. The van der Waals surface area contributed by atoms with Crippen molar-refractivity contribution in [2.45, 2.75) is 32.3 Å². The first-order valence-electron chi connectivity index (χ1n) is 3.73. The lowest BCUT2D eigenvalue weighted by Gasteiger charge is -1.92. The van der Waals surface area contributed by atoms with Crippen LogP contribution >= 0.6 is 0 Å². The van der Waals surface area contributed by atoms with Gasteiger partial charge in [-0.1, -0.05) is 18.2 Å². The fraction of sp³-hybridized carbons (Fsp3) is 0.556. The van der Waals surface area contributed by atoms with Crippen molar-refractivity contribution in [3.05, 3.63) is 24.8 Å². The normalized spacial score (nSPS) is 13.8. The number of aliphatic hydroxyl groups excluding tert-OH is 1. The van der Waals surface area contributed by atoms with Gasteiger partial charge in [-0.3, -0.25) is 0 Å². The molecule has 10 heavy (non-hydrogen) atoms. The molecule has 0 heterocycles. The van der Waals surface area contributed by atoms with Gasteiger partial charge in [-0.25, -0.2) is 0 Å². The van der Waals surface area contributed by atoms with Crippen LogP contribution in [0.15, 0.2) is 24.8 Å². The second-order valence-corrected chi connectivity index (χ2v) is 2.39. The Hall–Kier alpha value is -0.560. The van der Waals surface area contributed by atoms with E-state index >= 15 is 0 Å². The van der Waals surface area contributed by atoms with Gasteiger partial charge in [0, 0.05) is 0 Å². The van der Waals surface area contributed by atoms with Gasteiger partial charge in [0.1, 0.15) is 0 Å². The third kappa shape index (κ3) is 7.44. The lowest BCUT2D eigenvalue weighted by molar-refractivity contribution is 0.244. The van der Waals surface area contributed by atoms with E-state index in [0.29, 0.717) is 0 Å². The molecule has 0 aliphatic carbocycles. The Morgan fingerprint density at radius 2 is 2.20 bits per heavy atom. The molecule has 0 spiro atoms. The Kier molecular flexibility index (Phi) is 6.19. The molecule has 0 aromatic heterocycles. The van der Waals surface area contributed by atoms with Crippen molar-refractivity contribution in [2.24, 2.45) is 0 Å². The Balaban J connectivity index is 3.10. The SMILES string of the molecule is C=CCCC/C=C/[C@@H](C)O. The standard InChI is InChI=1S/C9H16O/c1-3-4-5-6-7-8-9(2)10/h3,7-10H,1,4-6H2,2H3/b8-7+/t9-/m1/s1. The van der Waals surface area contributed by atoms with E-state index in [0.717, 1.165) is 19.3 Å². The number of hydrogen-bond acceptors (Lipinski definition) is 1. The number of hydrogen-bond donors (Lipinski definition) is 1. The van der Waals surface area contributed by atoms with Crippen LogP contribution in [0.4, 0.5) is 0 Å². The molecule has 0 aromatic rings. The summed E-state index contributed by atoms with van der Waals surface area (Å²) in [6.07, 6.45) is 8.66. The molecule has 1 N–H and O–H groups in total. The van der Waals surface area contributed by atoms with E-state index in [9.17, 15) is 0 Å². The number of aliphatic hydroxyl groups is 1. The van der Waals surface area contributed by atoms with Crippen LogP contribution in [-0.2, 0) is 0 Å². The summed E-state index contributed by atoms with van der Waals surface area (Å²) < 4.78 is 0. The average molecular weight is 140 g/mol. The van der Waals surface area contributed by atoms with Crippen LogP contribution in [0.25, 0.3) is 0 Å². The Bertz CT molecular complexity index is 103. The van der Waals surface area contributed by atoms with Gasteiger partial charge in [-0.15, -0.1) is 6.58 Å². The highest BCUT2D eigenvalue weighted by Crippen LogP contribution is 1.97. The lowest BCUT2D eigenvalue weighted by Crippen LogP contribution is -1.91. The highest BCUT2D eigenvalue weighted by Gasteiger charge is 1.83. The summed E-state index contributed by atoms with van der Waals surface area (Å²) in [7, 11) is 0. The summed E-state index contributed by atoms with van der Waals surface area (Å²) in [6.45, 7) is 5.37. The zero-order chi connectivity index (χ0) is 7.82. The maximum absolute atomic E-state index is 8.80. The fourth-order valence-corrected chi connectivity index (χ4v) is 0.673. The van der Waals surface area contributed by atoms with Gasteiger partial charge >= 0.3 is 0 Å². The van der Waals surface area contributed by atoms with Gasteiger partial charge in [0.2, 0.25) is 0 Å². The van der Waals surface area contributed by atoms with E-state index in [4.69, 9.17) is 5.11 Å². The molecule has 1 nitrogen and oxygen atoms in total. The van der Waals surface area contributed by atoms with Crippen LogP contribution in [0.5, 0.6) is 0 Å². The second-order valence-electron chi connectivity index (χ2n) is 2.39. The minimum absolute atomic E-state index is 0.302. The van der Waals surface area contributed by atoms with Crippen molar-refractivity contribution in [1.29, 1.82) is 0 Å². The first-order chi connectivity index (χ1) is 4.77. The zero-order valence-electron chi connectivity index (χ0n) is 6.59. The highest BCUT2D eigenvalue weighted by molar-refractivity contribution is 4.86. The monoisotopic (exact) mass is 140 g/mol. The maximum atomic E-state index is 8.80. The van der Waals surface area contributed by atoms with E-state index < -0.39 is 0 Å². The van der Waals surface area contributed by atoms with Crippen molar-refractivity contribution >= 4 is 0 Å². The van der Waals surface area contributed by atoms with Crippen molar-refractivity contribution in [3.63, 3.8) is 0 Å². The quantitative estimate of drug-likeness (QED) is 0.459. The predicted molar refractivity (Wildman–Crippen MR) is 44.9 cm³/mol. The summed E-state index contributed by atoms with van der Waals surface area (Å²) in [5.74, 6) is 0. The van der Waals surface area contributed by atoms with Gasteiger partial charge in [-0.2, -0.15) is 0 Å². The van der Waals surface area contributed by atoms with Crippen LogP contribution in [0.2, 0.25) is 0 Å². The third-order valence-corrected chi connectivity index (χ3v) is 1.19. The molecular formula is C9H16O. The Morgan fingerprint density at radius 3 is 2.70 bits per heavy atom. The first-order valence-corrected chi connectivity index (χ1v) is 3.73. The molecule has 0 rings (SSSR count). The highest BCUT2D eigenvalue weighted by atomic mass is 16.3. The number of unbranched alkanes of at least 4 members (excludes halogenated alkanes) is 2. The predicted octanol–water partition coefficient (Wildman–Crippen LogP) is 2.28. The summed E-state index contributed by atoms with van der Waals surface area (Å²) in [4.78, 5) is 0. The van der Waals surface area contributed by atoms with E-state index in [1.54, 1.807) is 6.92 Å². The minimum atomic E-state index is -0.302. The molecule has 0 bridgehead atoms. The number of rotatable bonds is 5. The molecule has 0 saturated heterocycles. The zero-order valence-corrected chi connectivity index (χ0v) is 6.59. The minimum Gasteiger partial charge on any atom is -0.389 e. The molecule has 58 valence electrons. The molecule has 0 radical (unpaired) electrons. The summed E-state index contributed by atoms with van der Waals surface area (Å²) in [5.41, 5.74) is 0. The summed E-state index contributed by atoms with van der Waals surface area (Å²) in [6, 6.07) is 0. The van der Waals surface area contributed by atoms with Crippen LogP contribution in [0.1, 0.15) is 26.2 Å². The van der Waals surface area contributed by atoms with Crippen LogP contribution in [-0.4, -0.2) is 11.2 Å². The van der Waals surface area contributed by atoms with Crippen molar-refractivity contribution < 1.29 is 5.11 Å². The largest absolute Gasteiger partial charge is 0.389 e. The van der Waals surface area contributed by atoms with Gasteiger partial charge < -0.3 is 5.11 Å². The third-order valence-electron chi connectivity index (χ3n) is 1.19.